The molecule has 0 radical (unpaired) electrons. The molecule has 0 saturated carbocycles. The molecule has 2 aromatic heterocycles. The van der Waals surface area contributed by atoms with Crippen LogP contribution in [-0.2, 0) is 0 Å². The van der Waals surface area contributed by atoms with E-state index in [1.165, 1.54) is 26.9 Å². The molecule has 0 aliphatic heterocycles. The van der Waals surface area contributed by atoms with Gasteiger partial charge in [0, 0.05) is 4.88 Å². The zero-order valence-corrected chi connectivity index (χ0v) is 12.9. The smallest absolute Gasteiger partial charge is 0.0832 e. The summed E-state index contributed by atoms with van der Waals surface area (Å²) >= 11 is 3.31. The molecule has 0 aliphatic rings. The molecule has 2 aromatic rings. The van der Waals surface area contributed by atoms with E-state index < -0.39 is 0 Å². The Labute approximate surface area is 116 Å². The van der Waals surface area contributed by atoms with Crippen molar-refractivity contribution in [3.63, 3.8) is 0 Å². The van der Waals surface area contributed by atoms with Crippen molar-refractivity contribution in [1.29, 1.82) is 0 Å². The van der Waals surface area contributed by atoms with Gasteiger partial charge in [-0.1, -0.05) is 25.3 Å². The average Bonchev–Trinajstić information content (AvgIpc) is 2.94. The van der Waals surface area contributed by atoms with Gasteiger partial charge >= 0.3 is 0 Å². The van der Waals surface area contributed by atoms with Crippen LogP contribution in [0.25, 0.3) is 0 Å². The highest BCUT2D eigenvalue weighted by molar-refractivity contribution is 7.10. The van der Waals surface area contributed by atoms with Crippen LogP contribution >= 0.6 is 22.9 Å². The highest BCUT2D eigenvalue weighted by atomic mass is 32.1. The Morgan fingerprint density at radius 1 is 1.39 bits per heavy atom. The SMILES string of the molecule is CCNC(c1ccsc1C)c1snnc1C(C)C. The first-order valence-electron chi connectivity index (χ1n) is 6.24. The number of nitrogens with one attached hydrogen (secondary N) is 1. The van der Waals surface area contributed by atoms with Gasteiger partial charge in [-0.3, -0.25) is 0 Å². The van der Waals surface area contributed by atoms with Gasteiger partial charge in [-0.2, -0.15) is 0 Å². The van der Waals surface area contributed by atoms with Crippen LogP contribution in [-0.4, -0.2) is 16.1 Å². The van der Waals surface area contributed by atoms with Gasteiger partial charge in [0.25, 0.3) is 0 Å². The summed E-state index contributed by atoms with van der Waals surface area (Å²) in [5, 5.41) is 10.0. The van der Waals surface area contributed by atoms with Crippen molar-refractivity contribution in [3.8, 4) is 0 Å². The fraction of sp³-hybridized carbons (Fsp3) is 0.538. The summed E-state index contributed by atoms with van der Waals surface area (Å²) in [6.07, 6.45) is 0. The molecule has 0 aliphatic carbocycles. The molecule has 2 rings (SSSR count). The van der Waals surface area contributed by atoms with Crippen LogP contribution in [0.2, 0.25) is 0 Å². The lowest BCUT2D eigenvalue weighted by molar-refractivity contribution is 0.625. The molecule has 0 amide bonds. The van der Waals surface area contributed by atoms with Gasteiger partial charge in [0.15, 0.2) is 0 Å². The lowest BCUT2D eigenvalue weighted by atomic mass is 10.0. The number of hydrogen-bond donors (Lipinski definition) is 1. The molecule has 3 nitrogen and oxygen atoms in total. The predicted molar refractivity (Wildman–Crippen MR) is 78.6 cm³/mol. The molecule has 0 saturated heterocycles. The quantitative estimate of drug-likeness (QED) is 0.907. The number of thiophene rings is 1. The fourth-order valence-electron chi connectivity index (χ4n) is 2.05. The summed E-state index contributed by atoms with van der Waals surface area (Å²) in [5.41, 5.74) is 2.48. The predicted octanol–water partition coefficient (Wildman–Crippen LogP) is 3.73. The normalized spacial score (nSPS) is 13.2. The Hall–Kier alpha value is -0.780. The average molecular weight is 281 g/mol. The van der Waals surface area contributed by atoms with Crippen LogP contribution in [0.3, 0.4) is 0 Å². The topological polar surface area (TPSA) is 37.8 Å². The standard InChI is InChI=1S/C13H19N3S2/c1-5-14-12(10-6-7-17-9(10)4)13-11(8(2)3)15-16-18-13/h6-8,12,14H,5H2,1-4H3. The first-order valence-corrected chi connectivity index (χ1v) is 7.90. The summed E-state index contributed by atoms with van der Waals surface area (Å²) in [6, 6.07) is 2.44. The molecular weight excluding hydrogens is 262 g/mol. The van der Waals surface area contributed by atoms with Crippen molar-refractivity contribution in [2.24, 2.45) is 0 Å². The second-order valence-corrected chi connectivity index (χ2v) is 6.51. The van der Waals surface area contributed by atoms with Crippen molar-refractivity contribution in [2.45, 2.75) is 39.7 Å². The van der Waals surface area contributed by atoms with E-state index in [4.69, 9.17) is 0 Å². The van der Waals surface area contributed by atoms with Gasteiger partial charge in [0.05, 0.1) is 16.6 Å². The third-order valence-corrected chi connectivity index (χ3v) is 4.63. The van der Waals surface area contributed by atoms with Crippen LogP contribution in [0, 0.1) is 6.92 Å². The Kier molecular flexibility index (Phi) is 4.48. The van der Waals surface area contributed by atoms with Crippen LogP contribution < -0.4 is 5.32 Å². The van der Waals surface area contributed by atoms with E-state index in [-0.39, 0.29) is 6.04 Å². The summed E-state index contributed by atoms with van der Waals surface area (Å²) in [5.74, 6) is 0.416. The Balaban J connectivity index is 2.42. The molecule has 2 heterocycles. The molecule has 0 spiro atoms. The minimum Gasteiger partial charge on any atom is -0.306 e. The summed E-state index contributed by atoms with van der Waals surface area (Å²) in [7, 11) is 0. The van der Waals surface area contributed by atoms with E-state index in [1.807, 2.05) is 0 Å². The minimum absolute atomic E-state index is 0.235. The molecule has 0 bridgehead atoms. The van der Waals surface area contributed by atoms with E-state index in [2.05, 4.69) is 54.0 Å². The number of hydrogen-bond acceptors (Lipinski definition) is 5. The Morgan fingerprint density at radius 2 is 2.17 bits per heavy atom. The molecular formula is C13H19N3S2. The minimum atomic E-state index is 0.235. The number of aromatic nitrogens is 2. The van der Waals surface area contributed by atoms with Crippen molar-refractivity contribution in [2.75, 3.05) is 6.54 Å². The van der Waals surface area contributed by atoms with Gasteiger partial charge in [-0.25, -0.2) is 0 Å². The van der Waals surface area contributed by atoms with Crippen molar-refractivity contribution < 1.29 is 0 Å². The maximum absolute atomic E-state index is 4.29. The molecule has 1 unspecified atom stereocenters. The maximum Gasteiger partial charge on any atom is 0.0832 e. The molecule has 0 aromatic carbocycles. The Morgan fingerprint density at radius 3 is 2.72 bits per heavy atom. The van der Waals surface area contributed by atoms with E-state index >= 15 is 0 Å². The van der Waals surface area contributed by atoms with Gasteiger partial charge in [0.1, 0.15) is 0 Å². The van der Waals surface area contributed by atoms with Crippen molar-refractivity contribution in [1.82, 2.24) is 14.9 Å². The van der Waals surface area contributed by atoms with E-state index in [1.54, 1.807) is 11.3 Å². The zero-order chi connectivity index (χ0) is 13.1. The zero-order valence-electron chi connectivity index (χ0n) is 11.2. The fourth-order valence-corrected chi connectivity index (χ4v) is 3.69. The van der Waals surface area contributed by atoms with Crippen LogP contribution in [0.4, 0.5) is 0 Å². The van der Waals surface area contributed by atoms with E-state index in [0.29, 0.717) is 5.92 Å². The summed E-state index contributed by atoms with van der Waals surface area (Å²) < 4.78 is 4.14. The number of nitrogens with zero attached hydrogens (tertiary/aromatic N) is 2. The van der Waals surface area contributed by atoms with E-state index in [9.17, 15) is 0 Å². The van der Waals surface area contributed by atoms with Gasteiger partial charge in [0.2, 0.25) is 0 Å². The van der Waals surface area contributed by atoms with Crippen LogP contribution in [0.5, 0.6) is 0 Å². The summed E-state index contributed by atoms with van der Waals surface area (Å²) in [6.45, 7) is 9.59. The van der Waals surface area contributed by atoms with Gasteiger partial charge < -0.3 is 5.32 Å². The first kappa shape index (κ1) is 13.6. The molecule has 5 heteroatoms. The number of aryl methyl sites for hydroxylation is 1. The second-order valence-electron chi connectivity index (χ2n) is 4.60. The second kappa shape index (κ2) is 5.91. The van der Waals surface area contributed by atoms with Crippen molar-refractivity contribution >= 4 is 22.9 Å². The van der Waals surface area contributed by atoms with Crippen LogP contribution in [0.1, 0.15) is 53.7 Å². The first-order chi connectivity index (χ1) is 8.65. The molecule has 98 valence electrons. The van der Waals surface area contributed by atoms with E-state index in [0.717, 1.165) is 12.2 Å². The van der Waals surface area contributed by atoms with Crippen LogP contribution in [0.15, 0.2) is 11.4 Å². The largest absolute Gasteiger partial charge is 0.306 e. The Bertz CT molecular complexity index is 502. The molecule has 18 heavy (non-hydrogen) atoms. The van der Waals surface area contributed by atoms with Gasteiger partial charge in [-0.05, 0) is 47.9 Å². The summed E-state index contributed by atoms with van der Waals surface area (Å²) in [4.78, 5) is 2.62. The molecule has 1 atom stereocenters. The third-order valence-electron chi connectivity index (χ3n) is 2.97. The number of rotatable bonds is 5. The lowest BCUT2D eigenvalue weighted by Crippen LogP contribution is -2.22. The maximum atomic E-state index is 4.29. The molecule has 0 fully saturated rings. The van der Waals surface area contributed by atoms with Crippen molar-refractivity contribution in [3.05, 3.63) is 32.5 Å². The van der Waals surface area contributed by atoms with Gasteiger partial charge in [-0.15, -0.1) is 16.4 Å². The highest BCUT2D eigenvalue weighted by Crippen LogP contribution is 2.33. The monoisotopic (exact) mass is 281 g/mol. The highest BCUT2D eigenvalue weighted by Gasteiger charge is 2.23. The molecule has 1 N–H and O–H groups in total. The third kappa shape index (κ3) is 2.63. The lowest BCUT2D eigenvalue weighted by Gasteiger charge is -2.18.